The molecule has 0 bridgehead atoms. The van der Waals surface area contributed by atoms with Crippen LogP contribution in [0.3, 0.4) is 0 Å². The Morgan fingerprint density at radius 2 is 2.07 bits per heavy atom. The molecule has 0 aliphatic heterocycles. The fourth-order valence-corrected chi connectivity index (χ4v) is 3.48. The summed E-state index contributed by atoms with van der Waals surface area (Å²) in [6.45, 7) is 9.86. The zero-order valence-corrected chi connectivity index (χ0v) is 17.6. The maximum Gasteiger partial charge on any atom is 0.310 e. The Kier molecular flexibility index (Phi) is 8.15. The van der Waals surface area contributed by atoms with E-state index in [1.807, 2.05) is 57.2 Å². The molecular weight excluding hydrogens is 386 g/mol. The maximum absolute atomic E-state index is 11.8. The van der Waals surface area contributed by atoms with Crippen LogP contribution in [-0.4, -0.2) is 26.8 Å². The molecule has 0 aromatic carbocycles. The molecule has 0 amide bonds. The molecule has 0 spiro atoms. The maximum atomic E-state index is 11.8. The minimum Gasteiger partial charge on any atom is -0.481 e. The second kappa shape index (κ2) is 10.6. The number of aryl methyl sites for hydroxylation is 1. The molecule has 2 rings (SSSR count). The molecule has 29 heavy (non-hydrogen) atoms. The molecular formula is C22H25N3O3S. The van der Waals surface area contributed by atoms with Crippen LogP contribution in [0, 0.1) is 12.8 Å². The van der Waals surface area contributed by atoms with Gasteiger partial charge in [-0.3, -0.25) is 9.59 Å². The van der Waals surface area contributed by atoms with Crippen LogP contribution in [0.15, 0.2) is 54.1 Å². The minimum atomic E-state index is -1.11. The van der Waals surface area contributed by atoms with Crippen molar-refractivity contribution in [2.75, 3.05) is 5.32 Å². The van der Waals surface area contributed by atoms with E-state index in [1.54, 1.807) is 6.20 Å². The molecule has 6 nitrogen and oxygen atoms in total. The number of aliphatic carboxylic acids is 1. The van der Waals surface area contributed by atoms with E-state index >= 15 is 0 Å². The van der Waals surface area contributed by atoms with E-state index in [9.17, 15) is 9.59 Å². The van der Waals surface area contributed by atoms with Gasteiger partial charge in [-0.05, 0) is 54.5 Å². The van der Waals surface area contributed by atoms with Crippen molar-refractivity contribution in [1.29, 1.82) is 0 Å². The number of allylic oxidation sites excluding steroid dienone is 2. The molecule has 1 atom stereocenters. The first-order valence-electron chi connectivity index (χ1n) is 9.22. The van der Waals surface area contributed by atoms with Gasteiger partial charge < -0.3 is 10.4 Å². The molecule has 1 unspecified atom stereocenters. The molecule has 7 heteroatoms. The smallest absolute Gasteiger partial charge is 0.310 e. The number of nitrogens with one attached hydrogen (secondary N) is 1. The Balaban J connectivity index is 2.07. The van der Waals surface area contributed by atoms with Gasteiger partial charge in [-0.2, -0.15) is 0 Å². The fraction of sp³-hybridized carbons (Fsp3) is 0.273. The van der Waals surface area contributed by atoms with E-state index in [0.29, 0.717) is 5.82 Å². The molecule has 0 radical (unpaired) electrons. The summed E-state index contributed by atoms with van der Waals surface area (Å²) in [6.07, 6.45) is 3.38. The van der Waals surface area contributed by atoms with Crippen LogP contribution in [0.2, 0.25) is 0 Å². The molecule has 2 aromatic heterocycles. The number of rotatable bonds is 10. The Morgan fingerprint density at radius 1 is 1.31 bits per heavy atom. The number of hydrogen-bond donors (Lipinski definition) is 2. The van der Waals surface area contributed by atoms with Gasteiger partial charge in [0.1, 0.15) is 23.8 Å². The van der Waals surface area contributed by atoms with E-state index in [-0.39, 0.29) is 18.1 Å². The average molecular weight is 412 g/mol. The van der Waals surface area contributed by atoms with Gasteiger partial charge in [0.2, 0.25) is 0 Å². The molecule has 0 aliphatic carbocycles. The van der Waals surface area contributed by atoms with Crippen LogP contribution in [0.4, 0.5) is 11.6 Å². The van der Waals surface area contributed by atoms with E-state index in [2.05, 4.69) is 21.9 Å². The molecule has 0 aliphatic rings. The van der Waals surface area contributed by atoms with E-state index in [4.69, 9.17) is 5.11 Å². The third-order valence-electron chi connectivity index (χ3n) is 4.11. The Bertz CT molecular complexity index is 940. The lowest BCUT2D eigenvalue weighted by atomic mass is 10.0. The second-order valence-corrected chi connectivity index (χ2v) is 7.86. The Morgan fingerprint density at radius 3 is 2.72 bits per heavy atom. The summed E-state index contributed by atoms with van der Waals surface area (Å²) >= 11 is 1.45. The van der Waals surface area contributed by atoms with Gasteiger partial charge in [-0.15, -0.1) is 0 Å². The van der Waals surface area contributed by atoms with Gasteiger partial charge in [0, 0.05) is 17.5 Å². The van der Waals surface area contributed by atoms with Crippen molar-refractivity contribution >= 4 is 40.1 Å². The number of aromatic nitrogens is 2. The highest BCUT2D eigenvalue weighted by Crippen LogP contribution is 2.37. The van der Waals surface area contributed by atoms with Gasteiger partial charge in [0.05, 0.1) is 5.69 Å². The average Bonchev–Trinajstić information content (AvgIpc) is 2.65. The summed E-state index contributed by atoms with van der Waals surface area (Å²) < 4.78 is 0. The number of carboxylic acids is 1. The van der Waals surface area contributed by atoms with Gasteiger partial charge in [-0.1, -0.05) is 37.4 Å². The van der Waals surface area contributed by atoms with Crippen molar-refractivity contribution in [2.24, 2.45) is 5.92 Å². The predicted octanol–water partition coefficient (Wildman–Crippen LogP) is 5.21. The summed E-state index contributed by atoms with van der Waals surface area (Å²) in [6, 6.07) is 9.56. The SMILES string of the molecule is C=C(S/C(=C\C)c1cccc(Nc2cc(C)ccn2)n1)C(C)CC(=O)CC(=O)O. The molecule has 2 heterocycles. The number of Topliss-reactive ketones (excluding diaryl/α,β-unsaturated/α-hetero) is 1. The topological polar surface area (TPSA) is 92.2 Å². The quantitative estimate of drug-likeness (QED) is 0.519. The number of thioether (sulfide) groups is 1. The van der Waals surface area contributed by atoms with Crippen molar-refractivity contribution in [3.63, 3.8) is 0 Å². The summed E-state index contributed by atoms with van der Waals surface area (Å²) in [5, 5.41) is 11.9. The number of carbonyl (C=O) groups excluding carboxylic acids is 1. The number of carboxylic acid groups (broad SMARTS) is 1. The predicted molar refractivity (Wildman–Crippen MR) is 118 cm³/mol. The number of anilines is 2. The summed E-state index contributed by atoms with van der Waals surface area (Å²) in [7, 11) is 0. The summed E-state index contributed by atoms with van der Waals surface area (Å²) in [5.41, 5.74) is 1.88. The highest BCUT2D eigenvalue weighted by Gasteiger charge is 2.17. The van der Waals surface area contributed by atoms with Crippen molar-refractivity contribution in [3.8, 4) is 0 Å². The van der Waals surface area contributed by atoms with Crippen LogP contribution in [0.1, 0.15) is 37.9 Å². The number of carbonyl (C=O) groups is 2. The number of pyridine rings is 2. The lowest BCUT2D eigenvalue weighted by molar-refractivity contribution is -0.140. The lowest BCUT2D eigenvalue weighted by Gasteiger charge is -2.15. The Hall–Kier alpha value is -2.93. The summed E-state index contributed by atoms with van der Waals surface area (Å²) in [4.78, 5) is 33.1. The third kappa shape index (κ3) is 7.19. The monoisotopic (exact) mass is 411 g/mol. The van der Waals surface area contributed by atoms with Crippen molar-refractivity contribution < 1.29 is 14.7 Å². The van der Waals surface area contributed by atoms with Crippen molar-refractivity contribution in [3.05, 3.63) is 65.3 Å². The number of hydrogen-bond acceptors (Lipinski definition) is 6. The Labute approximate surface area is 175 Å². The first-order chi connectivity index (χ1) is 13.8. The normalized spacial score (nSPS) is 12.3. The number of ketones is 1. The standard InChI is InChI=1S/C22H25N3O3S/c1-5-19(29-16(4)15(3)12-17(26)13-22(27)28)18-7-6-8-20(24-18)25-21-11-14(2)9-10-23-21/h5-11,15H,4,12-13H2,1-3H3,(H,27,28)(H,23,24,25)/b19-5-. The molecule has 2 aromatic rings. The van der Waals surface area contributed by atoms with Crippen LogP contribution in [-0.2, 0) is 9.59 Å². The van der Waals surface area contributed by atoms with Crippen LogP contribution in [0.5, 0.6) is 0 Å². The molecule has 0 fully saturated rings. The van der Waals surface area contributed by atoms with E-state index < -0.39 is 12.4 Å². The molecule has 0 saturated heterocycles. The van der Waals surface area contributed by atoms with Gasteiger partial charge in [0.25, 0.3) is 0 Å². The zero-order chi connectivity index (χ0) is 21.4. The summed E-state index contributed by atoms with van der Waals surface area (Å²) in [5.74, 6) is -0.148. The molecule has 2 N–H and O–H groups in total. The molecule has 152 valence electrons. The van der Waals surface area contributed by atoms with Crippen LogP contribution in [0.25, 0.3) is 4.91 Å². The highest BCUT2D eigenvalue weighted by atomic mass is 32.2. The number of nitrogens with zero attached hydrogens (tertiary/aromatic N) is 2. The lowest BCUT2D eigenvalue weighted by Crippen LogP contribution is -2.11. The van der Waals surface area contributed by atoms with E-state index in [0.717, 1.165) is 26.9 Å². The van der Waals surface area contributed by atoms with Crippen molar-refractivity contribution in [1.82, 2.24) is 9.97 Å². The van der Waals surface area contributed by atoms with Crippen LogP contribution >= 0.6 is 11.8 Å². The van der Waals surface area contributed by atoms with Crippen LogP contribution < -0.4 is 5.32 Å². The van der Waals surface area contributed by atoms with Gasteiger partial charge in [0.15, 0.2) is 0 Å². The minimum absolute atomic E-state index is 0.139. The first kappa shape index (κ1) is 22.4. The van der Waals surface area contributed by atoms with Gasteiger partial charge in [-0.25, -0.2) is 9.97 Å². The van der Waals surface area contributed by atoms with E-state index in [1.165, 1.54) is 11.8 Å². The largest absolute Gasteiger partial charge is 0.481 e. The zero-order valence-electron chi connectivity index (χ0n) is 16.8. The second-order valence-electron chi connectivity index (χ2n) is 6.69. The third-order valence-corrected chi connectivity index (χ3v) is 5.44. The first-order valence-corrected chi connectivity index (χ1v) is 10.0. The van der Waals surface area contributed by atoms with Crippen molar-refractivity contribution in [2.45, 2.75) is 33.6 Å². The molecule has 0 saturated carbocycles. The fourth-order valence-electron chi connectivity index (χ4n) is 2.57. The highest BCUT2D eigenvalue weighted by molar-refractivity contribution is 8.11. The van der Waals surface area contributed by atoms with Gasteiger partial charge >= 0.3 is 5.97 Å².